The summed E-state index contributed by atoms with van der Waals surface area (Å²) in [7, 11) is 1.53. The first-order valence-electron chi connectivity index (χ1n) is 9.03. The molecule has 0 aliphatic carbocycles. The summed E-state index contributed by atoms with van der Waals surface area (Å²) in [5, 5.41) is 3.48. The highest BCUT2D eigenvalue weighted by atomic mass is 35.5. The second kappa shape index (κ2) is 8.22. The molecule has 0 spiro atoms. The molecule has 0 aliphatic rings. The summed E-state index contributed by atoms with van der Waals surface area (Å²) in [6.45, 7) is 0. The number of Topliss-reactive ketones (excluding diaryl/α,β-unsaturated/α-hetero) is 1. The Bertz CT molecular complexity index is 1280. The maximum Gasteiger partial charge on any atom is 0.298 e. The monoisotopic (exact) mass is 438 g/mol. The first-order chi connectivity index (χ1) is 14.5. The van der Waals surface area contributed by atoms with Crippen LogP contribution in [-0.4, -0.2) is 23.2 Å². The van der Waals surface area contributed by atoms with E-state index in [4.69, 9.17) is 27.9 Å². The Balaban J connectivity index is 1.79. The van der Waals surface area contributed by atoms with Gasteiger partial charge in [0, 0.05) is 28.0 Å². The Hall–Kier alpha value is -3.28. The number of aromatic nitrogens is 1. The van der Waals surface area contributed by atoms with Gasteiger partial charge in [0.25, 0.3) is 11.7 Å². The molecule has 4 rings (SSSR count). The van der Waals surface area contributed by atoms with E-state index in [-0.39, 0.29) is 5.69 Å². The van der Waals surface area contributed by atoms with Crippen LogP contribution in [0.25, 0.3) is 16.6 Å². The molecule has 2 heterocycles. The van der Waals surface area contributed by atoms with Gasteiger partial charge in [-0.2, -0.15) is 0 Å². The second-order valence-corrected chi connectivity index (χ2v) is 7.39. The fraction of sp³-hybridized carbons (Fsp3) is 0.0435. The molecule has 0 bridgehead atoms. The van der Waals surface area contributed by atoms with E-state index in [0.717, 1.165) is 5.52 Å². The van der Waals surface area contributed by atoms with Gasteiger partial charge in [0.05, 0.1) is 12.1 Å². The van der Waals surface area contributed by atoms with E-state index >= 15 is 0 Å². The molecule has 2 aromatic heterocycles. The van der Waals surface area contributed by atoms with Gasteiger partial charge in [-0.25, -0.2) is 0 Å². The van der Waals surface area contributed by atoms with Gasteiger partial charge in [0.15, 0.2) is 0 Å². The summed E-state index contributed by atoms with van der Waals surface area (Å²) in [4.78, 5) is 25.9. The van der Waals surface area contributed by atoms with E-state index in [9.17, 15) is 9.59 Å². The molecule has 0 fully saturated rings. The van der Waals surface area contributed by atoms with Crippen molar-refractivity contribution in [2.45, 2.75) is 0 Å². The van der Waals surface area contributed by atoms with E-state index in [2.05, 4.69) is 5.32 Å². The molecule has 150 valence electrons. The maximum absolute atomic E-state index is 13.2. The average Bonchev–Trinajstić information content (AvgIpc) is 3.12. The topological polar surface area (TPSA) is 59.8 Å². The van der Waals surface area contributed by atoms with Crippen molar-refractivity contribution in [1.29, 1.82) is 0 Å². The third-order valence-electron chi connectivity index (χ3n) is 4.65. The van der Waals surface area contributed by atoms with Crippen molar-refractivity contribution in [3.8, 4) is 16.9 Å². The normalized spacial score (nSPS) is 10.8. The van der Waals surface area contributed by atoms with Gasteiger partial charge in [-0.15, -0.1) is 0 Å². The maximum atomic E-state index is 13.2. The van der Waals surface area contributed by atoms with Crippen molar-refractivity contribution >= 4 is 46.1 Å². The lowest BCUT2D eigenvalue weighted by Gasteiger charge is -2.09. The summed E-state index contributed by atoms with van der Waals surface area (Å²) in [6, 6.07) is 19.2. The van der Waals surface area contributed by atoms with Gasteiger partial charge >= 0.3 is 0 Å². The van der Waals surface area contributed by atoms with Crippen molar-refractivity contribution < 1.29 is 14.3 Å². The number of benzene rings is 2. The molecule has 0 saturated heterocycles. The molecule has 1 amide bonds. The molecule has 7 heteroatoms. The number of methoxy groups -OCH3 is 1. The number of nitrogens with one attached hydrogen (secondary N) is 1. The third kappa shape index (κ3) is 3.77. The van der Waals surface area contributed by atoms with Gasteiger partial charge in [0.2, 0.25) is 0 Å². The highest BCUT2D eigenvalue weighted by Crippen LogP contribution is 2.34. The molecular formula is C23H16Cl2N2O3. The summed E-state index contributed by atoms with van der Waals surface area (Å²) < 4.78 is 6.90. The van der Waals surface area contributed by atoms with Crippen LogP contribution in [0.1, 0.15) is 10.5 Å². The van der Waals surface area contributed by atoms with E-state index in [1.165, 1.54) is 7.11 Å². The highest BCUT2D eigenvalue weighted by Gasteiger charge is 2.25. The van der Waals surface area contributed by atoms with Gasteiger partial charge in [-0.3, -0.25) is 9.59 Å². The lowest BCUT2D eigenvalue weighted by Crippen LogP contribution is -2.24. The number of ketones is 1. The molecule has 0 unspecified atom stereocenters. The largest absolute Gasteiger partial charge is 0.495 e. The Morgan fingerprint density at radius 3 is 2.53 bits per heavy atom. The Labute approximate surface area is 182 Å². The van der Waals surface area contributed by atoms with Gasteiger partial charge in [-0.05, 0) is 54.1 Å². The number of carbonyl (C=O) groups excluding carboxylic acids is 2. The fourth-order valence-corrected chi connectivity index (χ4v) is 3.72. The molecule has 1 N–H and O–H groups in total. The number of pyridine rings is 1. The zero-order chi connectivity index (χ0) is 21.3. The van der Waals surface area contributed by atoms with Crippen molar-refractivity contribution in [2.24, 2.45) is 0 Å². The number of hydrogen-bond donors (Lipinski definition) is 1. The van der Waals surface area contributed by atoms with Crippen LogP contribution in [0.5, 0.6) is 5.75 Å². The van der Waals surface area contributed by atoms with Crippen LogP contribution in [0, 0.1) is 0 Å². The average molecular weight is 439 g/mol. The number of rotatable bonds is 5. The third-order valence-corrected chi connectivity index (χ3v) is 5.18. The minimum absolute atomic E-state index is 0.242. The van der Waals surface area contributed by atoms with Crippen molar-refractivity contribution in [3.05, 3.63) is 88.7 Å². The predicted octanol–water partition coefficient (Wildman–Crippen LogP) is 5.74. The summed E-state index contributed by atoms with van der Waals surface area (Å²) in [5.41, 5.74) is 2.75. The molecule has 0 radical (unpaired) electrons. The molecule has 2 aromatic carbocycles. The molecule has 0 atom stereocenters. The quantitative estimate of drug-likeness (QED) is 0.319. The van der Waals surface area contributed by atoms with E-state index in [1.807, 2.05) is 18.2 Å². The fourth-order valence-electron chi connectivity index (χ4n) is 3.27. The van der Waals surface area contributed by atoms with Crippen LogP contribution in [0.4, 0.5) is 5.69 Å². The number of ether oxygens (including phenoxy) is 1. The number of amides is 1. The summed E-state index contributed by atoms with van der Waals surface area (Å²) in [5.74, 6) is -0.916. The van der Waals surface area contributed by atoms with Crippen LogP contribution in [-0.2, 0) is 4.79 Å². The number of carbonyl (C=O) groups is 2. The van der Waals surface area contributed by atoms with Crippen LogP contribution >= 0.6 is 23.2 Å². The predicted molar refractivity (Wildman–Crippen MR) is 119 cm³/mol. The van der Waals surface area contributed by atoms with Crippen LogP contribution in [0.15, 0.2) is 72.9 Å². The van der Waals surface area contributed by atoms with Crippen molar-refractivity contribution in [3.63, 3.8) is 0 Å². The van der Waals surface area contributed by atoms with E-state index in [1.54, 1.807) is 59.1 Å². The summed E-state index contributed by atoms with van der Waals surface area (Å²) in [6.07, 6.45) is 1.74. The molecule has 5 nitrogen and oxygen atoms in total. The Kier molecular flexibility index (Phi) is 5.48. The van der Waals surface area contributed by atoms with E-state index in [0.29, 0.717) is 32.6 Å². The van der Waals surface area contributed by atoms with E-state index < -0.39 is 11.7 Å². The molecule has 0 aliphatic heterocycles. The highest BCUT2D eigenvalue weighted by molar-refractivity contribution is 6.47. The van der Waals surface area contributed by atoms with Crippen molar-refractivity contribution in [1.82, 2.24) is 4.40 Å². The number of nitrogens with zero attached hydrogens (tertiary/aromatic N) is 1. The number of halogens is 2. The standard InChI is InChI=1S/C23H16Cl2N2O3/c1-30-20-9-8-14(11-19(20)25)18-13-17-7-2-3-10-27(17)21(18)22(28)23(29)26-16-6-4-5-15(24)12-16/h2-13H,1H3,(H,26,29). The van der Waals surface area contributed by atoms with Crippen LogP contribution in [0.3, 0.4) is 0 Å². The molecule has 30 heavy (non-hydrogen) atoms. The molecular weight excluding hydrogens is 423 g/mol. The van der Waals surface area contributed by atoms with Gasteiger partial charge in [-0.1, -0.05) is 41.4 Å². The molecule has 0 saturated carbocycles. The number of fused-ring (bicyclic) bond motifs is 1. The molecule has 4 aromatic rings. The number of hydrogen-bond acceptors (Lipinski definition) is 3. The van der Waals surface area contributed by atoms with Gasteiger partial charge < -0.3 is 14.5 Å². The SMILES string of the molecule is COc1ccc(-c2cc3ccccn3c2C(=O)C(=O)Nc2cccc(Cl)c2)cc1Cl. The van der Waals surface area contributed by atoms with Gasteiger partial charge in [0.1, 0.15) is 11.4 Å². The minimum Gasteiger partial charge on any atom is -0.495 e. The summed E-state index contributed by atoms with van der Waals surface area (Å²) >= 11 is 12.3. The smallest absolute Gasteiger partial charge is 0.298 e. The minimum atomic E-state index is -0.762. The first kappa shape index (κ1) is 20.0. The first-order valence-corrected chi connectivity index (χ1v) is 9.79. The number of anilines is 1. The zero-order valence-corrected chi connectivity index (χ0v) is 17.4. The zero-order valence-electron chi connectivity index (χ0n) is 15.9. The Morgan fingerprint density at radius 2 is 1.80 bits per heavy atom. The lowest BCUT2D eigenvalue weighted by atomic mass is 10.0. The Morgan fingerprint density at radius 1 is 0.967 bits per heavy atom. The lowest BCUT2D eigenvalue weighted by molar-refractivity contribution is -0.112. The van der Waals surface area contributed by atoms with Crippen molar-refractivity contribution in [2.75, 3.05) is 12.4 Å². The van der Waals surface area contributed by atoms with Crippen LogP contribution in [0.2, 0.25) is 10.0 Å². The van der Waals surface area contributed by atoms with Crippen LogP contribution < -0.4 is 10.1 Å². The second-order valence-electron chi connectivity index (χ2n) is 6.55.